The van der Waals surface area contributed by atoms with Crippen LogP contribution in [-0.2, 0) is 23.1 Å². The molecule has 1 amide bonds. The minimum Gasteiger partial charge on any atom is -0.378 e. The van der Waals surface area contributed by atoms with E-state index < -0.39 is 5.66 Å². The molecule has 3 N–H and O–H groups in total. The van der Waals surface area contributed by atoms with Gasteiger partial charge in [0.05, 0.1) is 41.1 Å². The second-order valence-corrected chi connectivity index (χ2v) is 10.4. The monoisotopic (exact) mass is 475 g/mol. The highest BCUT2D eigenvalue weighted by Crippen LogP contribution is 2.51. The van der Waals surface area contributed by atoms with Crippen LogP contribution in [-0.4, -0.2) is 51.6 Å². The molecule has 0 bridgehead atoms. The second kappa shape index (κ2) is 8.20. The van der Waals surface area contributed by atoms with Crippen LogP contribution >= 0.6 is 0 Å². The largest absolute Gasteiger partial charge is 0.378 e. The van der Waals surface area contributed by atoms with E-state index in [1.165, 1.54) is 5.69 Å². The molecule has 0 aliphatic carbocycles. The van der Waals surface area contributed by atoms with Gasteiger partial charge >= 0.3 is 0 Å². The Morgan fingerprint density at radius 3 is 2.91 bits per heavy atom. The number of hydrogen-bond donors (Lipinski definition) is 2. The van der Waals surface area contributed by atoms with E-state index in [0.29, 0.717) is 19.5 Å². The van der Waals surface area contributed by atoms with Crippen LogP contribution in [0.25, 0.3) is 10.9 Å². The SMILES string of the molecule is C[C@@H]1CC(N2c3c(cnc4ccc(CN)cc34)NC2(C)[C@H]2CC(=O)N(c3cnn(C)c3)C2)CCO1. The molecule has 1 aromatic carbocycles. The highest BCUT2D eigenvalue weighted by molar-refractivity contribution is 6.02. The van der Waals surface area contributed by atoms with Crippen molar-refractivity contribution in [3.05, 3.63) is 42.4 Å². The maximum absolute atomic E-state index is 13.2. The van der Waals surface area contributed by atoms with Crippen LogP contribution in [0.1, 0.15) is 38.7 Å². The summed E-state index contributed by atoms with van der Waals surface area (Å²) in [5.74, 6) is 0.212. The lowest BCUT2D eigenvalue weighted by atomic mass is 9.88. The van der Waals surface area contributed by atoms with E-state index in [1.807, 2.05) is 30.4 Å². The predicted octanol–water partition coefficient (Wildman–Crippen LogP) is 3.00. The lowest BCUT2D eigenvalue weighted by molar-refractivity contribution is -0.117. The Morgan fingerprint density at radius 1 is 1.31 bits per heavy atom. The van der Waals surface area contributed by atoms with Gasteiger partial charge in [-0.1, -0.05) is 6.07 Å². The number of benzene rings is 1. The van der Waals surface area contributed by atoms with Gasteiger partial charge in [0.25, 0.3) is 0 Å². The van der Waals surface area contributed by atoms with E-state index in [9.17, 15) is 4.79 Å². The molecule has 5 heterocycles. The summed E-state index contributed by atoms with van der Waals surface area (Å²) in [7, 11) is 1.87. The second-order valence-electron chi connectivity index (χ2n) is 10.4. The van der Waals surface area contributed by atoms with Gasteiger partial charge in [-0.3, -0.25) is 14.5 Å². The Kier molecular flexibility index (Phi) is 5.23. The molecule has 2 fully saturated rings. The number of aromatic nitrogens is 3. The zero-order chi connectivity index (χ0) is 24.3. The Bertz CT molecular complexity index is 1290. The molecule has 35 heavy (non-hydrogen) atoms. The van der Waals surface area contributed by atoms with Crippen molar-refractivity contribution in [2.24, 2.45) is 18.7 Å². The van der Waals surface area contributed by atoms with Gasteiger partial charge in [-0.2, -0.15) is 5.10 Å². The van der Waals surface area contributed by atoms with Crippen molar-refractivity contribution in [2.45, 2.75) is 57.5 Å². The number of rotatable bonds is 4. The molecule has 3 aromatic rings. The zero-order valence-electron chi connectivity index (χ0n) is 20.6. The number of nitrogens with two attached hydrogens (primary N) is 1. The van der Waals surface area contributed by atoms with Crippen LogP contribution in [0, 0.1) is 5.92 Å². The Hall–Kier alpha value is -3.17. The first kappa shape index (κ1) is 22.3. The lowest BCUT2D eigenvalue weighted by Gasteiger charge is -2.47. The summed E-state index contributed by atoms with van der Waals surface area (Å²) in [6.07, 6.45) is 8.15. The van der Waals surface area contributed by atoms with E-state index in [-0.39, 0.29) is 24.0 Å². The first-order valence-corrected chi connectivity index (χ1v) is 12.5. The van der Waals surface area contributed by atoms with Crippen LogP contribution < -0.4 is 20.9 Å². The smallest absolute Gasteiger partial charge is 0.227 e. The number of nitrogens with zero attached hydrogens (tertiary/aromatic N) is 5. The van der Waals surface area contributed by atoms with Crippen LogP contribution in [0.3, 0.4) is 0 Å². The van der Waals surface area contributed by atoms with Crippen LogP contribution in [0.2, 0.25) is 0 Å². The molecule has 4 atom stereocenters. The molecular formula is C26H33N7O2. The average Bonchev–Trinajstić information content (AvgIpc) is 3.53. The number of pyridine rings is 1. The molecule has 0 spiro atoms. The van der Waals surface area contributed by atoms with E-state index in [1.54, 1.807) is 10.9 Å². The highest BCUT2D eigenvalue weighted by Gasteiger charge is 2.53. The van der Waals surface area contributed by atoms with E-state index in [0.717, 1.165) is 47.3 Å². The third-order valence-electron chi connectivity index (χ3n) is 8.01. The van der Waals surface area contributed by atoms with Crippen molar-refractivity contribution >= 4 is 33.9 Å². The van der Waals surface area contributed by atoms with E-state index in [4.69, 9.17) is 15.5 Å². The lowest BCUT2D eigenvalue weighted by Crippen LogP contribution is -2.59. The van der Waals surface area contributed by atoms with E-state index >= 15 is 0 Å². The zero-order valence-corrected chi connectivity index (χ0v) is 20.6. The minimum atomic E-state index is -0.453. The number of ether oxygens (including phenoxy) is 1. The molecule has 6 rings (SSSR count). The van der Waals surface area contributed by atoms with Gasteiger partial charge < -0.3 is 25.6 Å². The van der Waals surface area contributed by atoms with Gasteiger partial charge in [-0.05, 0) is 44.4 Å². The number of nitrogens with one attached hydrogen (secondary N) is 1. The quantitative estimate of drug-likeness (QED) is 0.598. The maximum Gasteiger partial charge on any atom is 0.227 e. The Morgan fingerprint density at radius 2 is 2.17 bits per heavy atom. The van der Waals surface area contributed by atoms with Crippen molar-refractivity contribution in [1.82, 2.24) is 14.8 Å². The van der Waals surface area contributed by atoms with Crippen molar-refractivity contribution in [3.8, 4) is 0 Å². The molecule has 9 nitrogen and oxygen atoms in total. The highest BCUT2D eigenvalue weighted by atomic mass is 16.5. The number of carbonyl (C=O) groups is 1. The number of carbonyl (C=O) groups excluding carboxylic acids is 1. The van der Waals surface area contributed by atoms with Gasteiger partial charge in [0.2, 0.25) is 5.91 Å². The summed E-state index contributed by atoms with van der Waals surface area (Å²) in [6, 6.07) is 6.56. The molecule has 2 saturated heterocycles. The fraction of sp³-hybridized carbons (Fsp3) is 0.500. The maximum atomic E-state index is 13.2. The third kappa shape index (κ3) is 3.56. The average molecular weight is 476 g/mol. The Labute approximate surface area is 205 Å². The molecular weight excluding hydrogens is 442 g/mol. The molecule has 0 saturated carbocycles. The van der Waals surface area contributed by atoms with Gasteiger partial charge in [-0.25, -0.2) is 0 Å². The fourth-order valence-electron chi connectivity index (χ4n) is 6.22. The molecule has 3 aliphatic rings. The molecule has 2 unspecified atom stereocenters. The minimum absolute atomic E-state index is 0.0773. The molecule has 2 aromatic heterocycles. The summed E-state index contributed by atoms with van der Waals surface area (Å²) < 4.78 is 7.66. The molecule has 184 valence electrons. The fourth-order valence-corrected chi connectivity index (χ4v) is 6.22. The predicted molar refractivity (Wildman–Crippen MR) is 136 cm³/mol. The molecule has 0 radical (unpaired) electrons. The first-order chi connectivity index (χ1) is 16.9. The summed E-state index contributed by atoms with van der Waals surface area (Å²) in [5.41, 5.74) is 10.6. The first-order valence-electron chi connectivity index (χ1n) is 12.5. The molecule has 9 heteroatoms. The number of anilines is 3. The van der Waals surface area contributed by atoms with Crippen molar-refractivity contribution in [2.75, 3.05) is 28.3 Å². The standard InChI is InChI=1S/C26H33N7O2/c1-16-8-19(6-7-35-16)33-25-21-9-17(11-27)4-5-22(21)28-13-23(25)30-26(33,2)18-10-24(34)32(14-18)20-12-29-31(3)15-20/h4-5,9,12-13,15-16,18-19,30H,6-8,10-11,14,27H2,1-3H3/t16-,18+,19?,26?/m1/s1. The van der Waals surface area contributed by atoms with Gasteiger partial charge in [0.15, 0.2) is 0 Å². The van der Waals surface area contributed by atoms with Gasteiger partial charge in [0.1, 0.15) is 5.66 Å². The normalized spacial score (nSPS) is 28.6. The molecule has 3 aliphatic heterocycles. The van der Waals surface area contributed by atoms with Crippen molar-refractivity contribution in [1.29, 1.82) is 0 Å². The van der Waals surface area contributed by atoms with Crippen LogP contribution in [0.15, 0.2) is 36.8 Å². The third-order valence-corrected chi connectivity index (χ3v) is 8.01. The number of amides is 1. The van der Waals surface area contributed by atoms with Gasteiger partial charge in [-0.15, -0.1) is 0 Å². The van der Waals surface area contributed by atoms with E-state index in [2.05, 4.69) is 41.3 Å². The van der Waals surface area contributed by atoms with Crippen LogP contribution in [0.5, 0.6) is 0 Å². The summed E-state index contributed by atoms with van der Waals surface area (Å²) in [6.45, 7) is 6.24. The summed E-state index contributed by atoms with van der Waals surface area (Å²) >= 11 is 0. The summed E-state index contributed by atoms with van der Waals surface area (Å²) in [5, 5.41) is 9.22. The topological polar surface area (TPSA) is 102 Å². The van der Waals surface area contributed by atoms with Crippen molar-refractivity contribution < 1.29 is 9.53 Å². The van der Waals surface area contributed by atoms with Crippen LogP contribution in [0.4, 0.5) is 17.1 Å². The summed E-state index contributed by atoms with van der Waals surface area (Å²) in [4.78, 5) is 22.4. The number of aryl methyl sites for hydroxylation is 1. The number of fused-ring (bicyclic) bond motifs is 3. The van der Waals surface area contributed by atoms with Gasteiger partial charge in [0, 0.05) is 56.7 Å². The Balaban J connectivity index is 1.45. The van der Waals surface area contributed by atoms with Crippen molar-refractivity contribution in [3.63, 3.8) is 0 Å². The number of hydrogen-bond acceptors (Lipinski definition) is 7.